The summed E-state index contributed by atoms with van der Waals surface area (Å²) < 4.78 is 1.64. The summed E-state index contributed by atoms with van der Waals surface area (Å²) in [5, 5.41) is 10.8. The second-order valence-electron chi connectivity index (χ2n) is 7.40. The minimum atomic E-state index is -0.260. The van der Waals surface area contributed by atoms with Crippen molar-refractivity contribution >= 4 is 28.6 Å². The molecular weight excluding hydrogens is 392 g/mol. The number of hydrogen-bond acceptors (Lipinski definition) is 5. The van der Waals surface area contributed by atoms with E-state index in [9.17, 15) is 9.59 Å². The number of nitrogens with one attached hydrogen (secondary N) is 3. The molecule has 8 nitrogen and oxygen atoms in total. The molecule has 31 heavy (non-hydrogen) atoms. The normalized spacial score (nSPS) is 11.9. The van der Waals surface area contributed by atoms with Gasteiger partial charge >= 0.3 is 0 Å². The average molecular weight is 416 g/mol. The van der Waals surface area contributed by atoms with Gasteiger partial charge < -0.3 is 10.6 Å². The maximum Gasteiger partial charge on any atom is 0.263 e. The van der Waals surface area contributed by atoms with Gasteiger partial charge in [0, 0.05) is 18.2 Å². The third-order valence-electron chi connectivity index (χ3n) is 5.15. The molecular formula is C23H24N6O2. The van der Waals surface area contributed by atoms with E-state index < -0.39 is 0 Å². The van der Waals surface area contributed by atoms with Gasteiger partial charge in [0.25, 0.3) is 5.56 Å². The van der Waals surface area contributed by atoms with Gasteiger partial charge in [-0.1, -0.05) is 44.2 Å². The fourth-order valence-corrected chi connectivity index (χ4v) is 3.16. The highest BCUT2D eigenvalue weighted by Gasteiger charge is 2.12. The summed E-state index contributed by atoms with van der Waals surface area (Å²) in [4.78, 5) is 31.9. The number of fused-ring (bicyclic) bond motifs is 1. The third kappa shape index (κ3) is 4.48. The number of anilines is 2. The van der Waals surface area contributed by atoms with Gasteiger partial charge in [-0.05, 0) is 36.2 Å². The summed E-state index contributed by atoms with van der Waals surface area (Å²) in [7, 11) is 0. The van der Waals surface area contributed by atoms with Gasteiger partial charge in [0.2, 0.25) is 11.9 Å². The molecule has 0 radical (unpaired) electrons. The topological polar surface area (TPSA) is 105 Å². The van der Waals surface area contributed by atoms with Gasteiger partial charge in [-0.2, -0.15) is 10.1 Å². The molecule has 1 atom stereocenters. The first kappa shape index (κ1) is 20.3. The summed E-state index contributed by atoms with van der Waals surface area (Å²) in [5.74, 6) is 0.305. The minimum absolute atomic E-state index is 0.00164. The Morgan fingerprint density at radius 1 is 1.16 bits per heavy atom. The van der Waals surface area contributed by atoms with Crippen LogP contribution >= 0.6 is 0 Å². The number of rotatable bonds is 7. The molecule has 158 valence electrons. The Bertz CT molecular complexity index is 1260. The van der Waals surface area contributed by atoms with E-state index in [4.69, 9.17) is 0 Å². The maximum atomic E-state index is 12.5. The largest absolute Gasteiger partial charge is 0.352 e. The Balaban J connectivity index is 1.54. The van der Waals surface area contributed by atoms with Crippen LogP contribution in [0.1, 0.15) is 25.8 Å². The number of carbonyl (C=O) groups excluding carboxylic acids is 1. The summed E-state index contributed by atoms with van der Waals surface area (Å²) in [6.45, 7) is 4.32. The molecule has 2 aromatic carbocycles. The molecule has 4 rings (SSSR count). The first-order valence-corrected chi connectivity index (χ1v) is 10.2. The van der Waals surface area contributed by atoms with E-state index in [0.29, 0.717) is 23.5 Å². The molecule has 4 aromatic rings. The Morgan fingerprint density at radius 3 is 2.74 bits per heavy atom. The fraction of sp³-hybridized carbons (Fsp3) is 0.217. The number of H-pyrrole nitrogens is 1. The first-order valence-electron chi connectivity index (χ1n) is 10.2. The molecule has 0 saturated heterocycles. The molecule has 0 aliphatic heterocycles. The van der Waals surface area contributed by atoms with E-state index in [1.165, 1.54) is 6.20 Å². The van der Waals surface area contributed by atoms with Gasteiger partial charge in [0.05, 0.1) is 11.9 Å². The van der Waals surface area contributed by atoms with Crippen LogP contribution in [0.25, 0.3) is 16.7 Å². The molecule has 0 aliphatic rings. The molecule has 0 fully saturated rings. The zero-order chi connectivity index (χ0) is 21.8. The monoisotopic (exact) mass is 416 g/mol. The molecule has 0 aliphatic carbocycles. The molecule has 2 heterocycles. The van der Waals surface area contributed by atoms with Gasteiger partial charge in [-0.25, -0.2) is 4.68 Å². The van der Waals surface area contributed by atoms with Crippen molar-refractivity contribution in [3.8, 4) is 5.69 Å². The number of amides is 1. The minimum Gasteiger partial charge on any atom is -0.352 e. The van der Waals surface area contributed by atoms with Crippen molar-refractivity contribution in [2.75, 3.05) is 10.6 Å². The Hall–Kier alpha value is -3.94. The zero-order valence-electron chi connectivity index (χ0n) is 17.4. The Morgan fingerprint density at radius 2 is 1.97 bits per heavy atom. The lowest BCUT2D eigenvalue weighted by Crippen LogP contribution is -2.19. The fourth-order valence-electron chi connectivity index (χ4n) is 3.16. The second-order valence-corrected chi connectivity index (χ2v) is 7.40. The lowest BCUT2D eigenvalue weighted by molar-refractivity contribution is -0.119. The van der Waals surface area contributed by atoms with E-state index >= 15 is 0 Å². The predicted octanol–water partition coefficient (Wildman–Crippen LogP) is 3.71. The van der Waals surface area contributed by atoms with Crippen LogP contribution in [-0.2, 0) is 11.3 Å². The van der Waals surface area contributed by atoms with Crippen molar-refractivity contribution in [1.29, 1.82) is 0 Å². The highest BCUT2D eigenvalue weighted by molar-refractivity contribution is 5.92. The van der Waals surface area contributed by atoms with E-state index in [-0.39, 0.29) is 17.4 Å². The van der Waals surface area contributed by atoms with Crippen LogP contribution in [0.3, 0.4) is 0 Å². The number of aromatic amines is 1. The van der Waals surface area contributed by atoms with E-state index in [0.717, 1.165) is 23.4 Å². The lowest BCUT2D eigenvalue weighted by Gasteiger charge is -2.11. The Labute approximate surface area is 179 Å². The third-order valence-corrected chi connectivity index (χ3v) is 5.15. The van der Waals surface area contributed by atoms with Gasteiger partial charge in [-0.15, -0.1) is 0 Å². The standard InChI is InChI=1S/C23H24N6O2/c1-3-15(2)21(30)26-17-9-7-8-16(12-17)13-24-23-27-20-19(22(31)28-23)14-25-29(20)18-10-5-4-6-11-18/h4-12,14-15H,3,13H2,1-2H3,(H,26,30)(H2,24,27,28,31). The number of carbonyl (C=O) groups is 1. The molecule has 1 amide bonds. The van der Waals surface area contributed by atoms with Crippen LogP contribution in [0.2, 0.25) is 0 Å². The maximum absolute atomic E-state index is 12.5. The number of nitrogens with zero attached hydrogens (tertiary/aromatic N) is 3. The van der Waals surface area contributed by atoms with Crippen LogP contribution in [0, 0.1) is 5.92 Å². The number of hydrogen-bond donors (Lipinski definition) is 3. The summed E-state index contributed by atoms with van der Waals surface area (Å²) in [6.07, 6.45) is 2.30. The summed E-state index contributed by atoms with van der Waals surface area (Å²) in [6, 6.07) is 17.1. The van der Waals surface area contributed by atoms with E-state index in [2.05, 4.69) is 25.7 Å². The second kappa shape index (κ2) is 8.83. The smallest absolute Gasteiger partial charge is 0.263 e. The summed E-state index contributed by atoms with van der Waals surface area (Å²) >= 11 is 0. The highest BCUT2D eigenvalue weighted by atomic mass is 16.2. The molecule has 1 unspecified atom stereocenters. The van der Waals surface area contributed by atoms with Crippen molar-refractivity contribution in [3.05, 3.63) is 76.7 Å². The van der Waals surface area contributed by atoms with Crippen LogP contribution in [0.5, 0.6) is 0 Å². The number of para-hydroxylation sites is 1. The van der Waals surface area contributed by atoms with Crippen molar-refractivity contribution in [1.82, 2.24) is 19.7 Å². The van der Waals surface area contributed by atoms with Gasteiger partial charge in [0.15, 0.2) is 5.65 Å². The SMILES string of the molecule is CCC(C)C(=O)Nc1cccc(CNc2nc3c(cnn3-c3ccccc3)c(=O)[nH]2)c1. The van der Waals surface area contributed by atoms with Crippen molar-refractivity contribution in [2.24, 2.45) is 5.92 Å². The lowest BCUT2D eigenvalue weighted by atomic mass is 10.1. The molecule has 0 saturated carbocycles. The zero-order valence-corrected chi connectivity index (χ0v) is 17.4. The quantitative estimate of drug-likeness (QED) is 0.426. The highest BCUT2D eigenvalue weighted by Crippen LogP contribution is 2.16. The number of aromatic nitrogens is 4. The van der Waals surface area contributed by atoms with Crippen molar-refractivity contribution in [2.45, 2.75) is 26.8 Å². The molecule has 2 aromatic heterocycles. The van der Waals surface area contributed by atoms with E-state index in [1.807, 2.05) is 68.4 Å². The molecule has 8 heteroatoms. The Kier molecular flexibility index (Phi) is 5.79. The molecule has 3 N–H and O–H groups in total. The molecule has 0 spiro atoms. The van der Waals surface area contributed by atoms with E-state index in [1.54, 1.807) is 4.68 Å². The first-order chi connectivity index (χ1) is 15.0. The molecule has 0 bridgehead atoms. The van der Waals surface area contributed by atoms with Gasteiger partial charge in [0.1, 0.15) is 5.39 Å². The predicted molar refractivity (Wildman–Crippen MR) is 121 cm³/mol. The summed E-state index contributed by atoms with van der Waals surface area (Å²) in [5.41, 5.74) is 2.73. The van der Waals surface area contributed by atoms with Crippen LogP contribution in [-0.4, -0.2) is 25.7 Å². The van der Waals surface area contributed by atoms with Crippen LogP contribution in [0.15, 0.2) is 65.6 Å². The van der Waals surface area contributed by atoms with Crippen molar-refractivity contribution < 1.29 is 4.79 Å². The average Bonchev–Trinajstić information content (AvgIpc) is 3.22. The van der Waals surface area contributed by atoms with Crippen LogP contribution < -0.4 is 16.2 Å². The number of benzene rings is 2. The van der Waals surface area contributed by atoms with Gasteiger partial charge in [-0.3, -0.25) is 14.6 Å². The van der Waals surface area contributed by atoms with Crippen molar-refractivity contribution in [3.63, 3.8) is 0 Å². The van der Waals surface area contributed by atoms with Crippen LogP contribution in [0.4, 0.5) is 11.6 Å².